The van der Waals surface area contributed by atoms with Crippen molar-refractivity contribution in [2.75, 3.05) is 51.1 Å². The Morgan fingerprint density at radius 3 is 2.42 bits per heavy atom. The molecule has 0 bridgehead atoms. The number of nitrogens with one attached hydrogen (secondary N) is 2. The van der Waals surface area contributed by atoms with Crippen molar-refractivity contribution in [1.29, 1.82) is 0 Å². The molecular weight excluding hydrogens is 606 g/mol. The number of carbonyl (C=O) groups excluding carboxylic acids is 3. The van der Waals surface area contributed by atoms with E-state index >= 15 is 0 Å². The number of hydrogen-bond acceptors (Lipinski definition) is 6. The van der Waals surface area contributed by atoms with Crippen LogP contribution in [-0.4, -0.2) is 100 Å². The Bertz CT molecular complexity index is 1630. The first-order chi connectivity index (χ1) is 23.3. The van der Waals surface area contributed by atoms with E-state index in [1.807, 2.05) is 45.7 Å². The number of hydrogen-bond donors (Lipinski definition) is 2. The molecule has 0 aliphatic carbocycles. The summed E-state index contributed by atoms with van der Waals surface area (Å²) in [7, 11) is 1.98. The fraction of sp³-hybridized carbons (Fsp3) is 0.568. The number of anilines is 1. The summed E-state index contributed by atoms with van der Waals surface area (Å²) in [4.78, 5) is 51.0. The molecule has 4 aliphatic rings. The fourth-order valence-corrected chi connectivity index (χ4v) is 8.51. The maximum atomic E-state index is 14.1. The van der Waals surface area contributed by atoms with E-state index in [0.29, 0.717) is 57.9 Å². The van der Waals surface area contributed by atoms with E-state index in [0.717, 1.165) is 71.7 Å². The van der Waals surface area contributed by atoms with Crippen molar-refractivity contribution in [3.05, 3.63) is 59.4 Å². The first-order valence-electron chi connectivity index (χ1n) is 17.8. The average Bonchev–Trinajstić information content (AvgIpc) is 3.40. The lowest BCUT2D eigenvalue weighted by molar-refractivity contribution is -0.142. The summed E-state index contributed by atoms with van der Waals surface area (Å²) in [6, 6.07) is 12.0. The first kappa shape index (κ1) is 32.4. The highest BCUT2D eigenvalue weighted by Crippen LogP contribution is 2.32. The van der Waals surface area contributed by atoms with E-state index in [1.165, 1.54) is 12.8 Å². The lowest BCUT2D eigenvalue weighted by Crippen LogP contribution is -2.52. The van der Waals surface area contributed by atoms with Gasteiger partial charge in [-0.05, 0) is 106 Å². The molecule has 2 N–H and O–H groups in total. The van der Waals surface area contributed by atoms with Gasteiger partial charge in [-0.1, -0.05) is 24.3 Å². The minimum absolute atomic E-state index is 0.0371. The molecule has 4 aliphatic heterocycles. The van der Waals surface area contributed by atoms with Gasteiger partial charge in [-0.25, -0.2) is 14.6 Å². The number of benzene rings is 2. The van der Waals surface area contributed by atoms with E-state index < -0.39 is 12.2 Å². The highest BCUT2D eigenvalue weighted by molar-refractivity contribution is 5.91. The Morgan fingerprint density at radius 2 is 1.65 bits per heavy atom. The molecule has 0 unspecified atom stereocenters. The van der Waals surface area contributed by atoms with Crippen LogP contribution in [0, 0.1) is 18.8 Å². The standard InChI is InChI=1S/C37H49N7O4/c1-25-21-26(22-32-34(25)41(2)24-39-32)23-33(35(45)42-16-9-28(10-17-42)27-7-14-38-15-8-27)48-37(47)43-18-12-30(13-19-43)44-20-11-29-5-3-4-6-31(29)40-36(44)46/h3-6,21-22,24,27-28,30,33,38H,7-20,23H2,1-2H3,(H,40,46)/t33-/m1/s1. The Hall–Kier alpha value is -4.12. The SMILES string of the molecule is Cc1cc(C[C@@H](OC(=O)N2CCC(N3CCc4ccccc4NC3=O)CC2)C(=O)N2CCC(C3CCNCC3)CC2)cc2ncn(C)c12. The van der Waals surface area contributed by atoms with Crippen molar-refractivity contribution in [2.24, 2.45) is 18.9 Å². The van der Waals surface area contributed by atoms with Crippen LogP contribution in [-0.2, 0) is 29.4 Å². The minimum Gasteiger partial charge on any atom is -0.436 e. The summed E-state index contributed by atoms with van der Waals surface area (Å²) in [5.41, 5.74) is 5.94. The van der Waals surface area contributed by atoms with Crippen LogP contribution in [0.5, 0.6) is 0 Å². The molecule has 1 aromatic heterocycles. The largest absolute Gasteiger partial charge is 0.436 e. The van der Waals surface area contributed by atoms with E-state index in [9.17, 15) is 14.4 Å². The molecule has 3 saturated heterocycles. The van der Waals surface area contributed by atoms with E-state index in [4.69, 9.17) is 4.74 Å². The number of piperidine rings is 3. The molecule has 48 heavy (non-hydrogen) atoms. The molecule has 0 saturated carbocycles. The summed E-state index contributed by atoms with van der Waals surface area (Å²) in [5.74, 6) is 1.26. The molecular formula is C37H49N7O4. The van der Waals surface area contributed by atoms with Crippen molar-refractivity contribution in [1.82, 2.24) is 29.6 Å². The topological polar surface area (TPSA) is 112 Å². The maximum absolute atomic E-state index is 14.1. The van der Waals surface area contributed by atoms with Gasteiger partial charge in [0.05, 0.1) is 17.4 Å². The van der Waals surface area contributed by atoms with Crippen LogP contribution in [0.2, 0.25) is 0 Å². The molecule has 3 fully saturated rings. The second kappa shape index (κ2) is 14.2. The van der Waals surface area contributed by atoms with Gasteiger partial charge in [0.15, 0.2) is 6.10 Å². The zero-order chi connectivity index (χ0) is 33.2. The molecule has 0 spiro atoms. The van der Waals surface area contributed by atoms with Crippen LogP contribution in [0.3, 0.4) is 0 Å². The van der Waals surface area contributed by atoms with Gasteiger partial charge in [-0.15, -0.1) is 0 Å². The number of para-hydroxylation sites is 1. The number of aryl methyl sites for hydroxylation is 2. The van der Waals surface area contributed by atoms with Gasteiger partial charge in [0, 0.05) is 57.9 Å². The average molecular weight is 656 g/mol. The molecule has 0 radical (unpaired) electrons. The zero-order valence-electron chi connectivity index (χ0n) is 28.3. The first-order valence-corrected chi connectivity index (χ1v) is 17.8. The summed E-state index contributed by atoms with van der Waals surface area (Å²) in [5, 5.41) is 6.53. The quantitative estimate of drug-likeness (QED) is 0.398. The van der Waals surface area contributed by atoms with Crippen molar-refractivity contribution in [3.63, 3.8) is 0 Å². The van der Waals surface area contributed by atoms with E-state index in [2.05, 4.69) is 34.7 Å². The van der Waals surface area contributed by atoms with Crippen molar-refractivity contribution < 1.29 is 19.1 Å². The number of rotatable bonds is 6. The molecule has 2 aromatic carbocycles. The number of urea groups is 1. The lowest BCUT2D eigenvalue weighted by atomic mass is 9.79. The molecule has 3 aromatic rings. The number of fused-ring (bicyclic) bond motifs is 2. The van der Waals surface area contributed by atoms with Gasteiger partial charge in [0.1, 0.15) is 0 Å². The van der Waals surface area contributed by atoms with Crippen LogP contribution in [0.4, 0.5) is 15.3 Å². The van der Waals surface area contributed by atoms with Crippen LogP contribution in [0.25, 0.3) is 11.0 Å². The van der Waals surface area contributed by atoms with Gasteiger partial charge in [0.2, 0.25) is 0 Å². The Labute approximate surface area is 283 Å². The van der Waals surface area contributed by atoms with Crippen LogP contribution in [0.1, 0.15) is 55.2 Å². The number of amides is 4. The Morgan fingerprint density at radius 1 is 0.938 bits per heavy atom. The van der Waals surface area contributed by atoms with Crippen molar-refractivity contribution >= 4 is 34.8 Å². The van der Waals surface area contributed by atoms with Crippen molar-refractivity contribution in [3.8, 4) is 0 Å². The second-order valence-electron chi connectivity index (χ2n) is 14.2. The summed E-state index contributed by atoms with van der Waals surface area (Å²) in [6.45, 7) is 7.21. The van der Waals surface area contributed by atoms with E-state index in [-0.39, 0.29) is 18.0 Å². The molecule has 1 atom stereocenters. The number of nitrogens with zero attached hydrogens (tertiary/aromatic N) is 5. The van der Waals surface area contributed by atoms with Gasteiger partial charge in [0.25, 0.3) is 5.91 Å². The minimum atomic E-state index is -0.916. The fourth-order valence-electron chi connectivity index (χ4n) is 8.51. The number of likely N-dealkylation sites (tertiary alicyclic amines) is 2. The smallest absolute Gasteiger partial charge is 0.410 e. The van der Waals surface area contributed by atoms with Crippen LogP contribution in [0.15, 0.2) is 42.7 Å². The number of imidazole rings is 1. The molecule has 11 nitrogen and oxygen atoms in total. The number of carbonyl (C=O) groups is 3. The lowest BCUT2D eigenvalue weighted by Gasteiger charge is -2.39. The monoisotopic (exact) mass is 655 g/mol. The van der Waals surface area contributed by atoms with Gasteiger partial charge < -0.3 is 34.6 Å². The predicted molar refractivity (Wildman–Crippen MR) is 185 cm³/mol. The normalized spacial score (nSPS) is 20.7. The van der Waals surface area contributed by atoms with Gasteiger partial charge >= 0.3 is 12.1 Å². The summed E-state index contributed by atoms with van der Waals surface area (Å²) in [6.07, 6.45) is 7.26. The third kappa shape index (κ3) is 6.88. The predicted octanol–water partition coefficient (Wildman–Crippen LogP) is 4.72. The van der Waals surface area contributed by atoms with Crippen LogP contribution >= 0.6 is 0 Å². The zero-order valence-corrected chi connectivity index (χ0v) is 28.3. The van der Waals surface area contributed by atoms with Gasteiger partial charge in [-0.3, -0.25) is 4.79 Å². The molecule has 256 valence electrons. The highest BCUT2D eigenvalue weighted by atomic mass is 16.6. The molecule has 7 rings (SSSR count). The second-order valence-corrected chi connectivity index (χ2v) is 14.2. The van der Waals surface area contributed by atoms with Gasteiger partial charge in [-0.2, -0.15) is 0 Å². The molecule has 4 amide bonds. The highest BCUT2D eigenvalue weighted by Gasteiger charge is 2.36. The molecule has 5 heterocycles. The third-order valence-electron chi connectivity index (χ3n) is 11.2. The maximum Gasteiger partial charge on any atom is 0.410 e. The van der Waals surface area contributed by atoms with Crippen LogP contribution < -0.4 is 10.6 Å². The summed E-state index contributed by atoms with van der Waals surface area (Å²) < 4.78 is 8.14. The number of aromatic nitrogens is 2. The summed E-state index contributed by atoms with van der Waals surface area (Å²) >= 11 is 0. The van der Waals surface area contributed by atoms with Crippen molar-refractivity contribution in [2.45, 2.75) is 70.4 Å². The Kier molecular flexibility index (Phi) is 9.57. The third-order valence-corrected chi connectivity index (χ3v) is 11.2. The molecule has 11 heteroatoms. The Balaban J connectivity index is 1.01. The number of ether oxygens (including phenoxy) is 1. The van der Waals surface area contributed by atoms with E-state index in [1.54, 1.807) is 11.2 Å².